The minimum atomic E-state index is -4.37. The first-order chi connectivity index (χ1) is 16.1. The zero-order valence-electron chi connectivity index (χ0n) is 17.6. The summed E-state index contributed by atoms with van der Waals surface area (Å²) in [6.45, 7) is 0.293. The van der Waals surface area contributed by atoms with E-state index in [9.17, 15) is 12.6 Å². The molecular weight excluding hydrogens is 580 g/mol. The number of nitrogens with two attached hydrogens (primary N) is 1. The van der Waals surface area contributed by atoms with Crippen LogP contribution < -0.4 is 11.1 Å². The fourth-order valence-corrected chi connectivity index (χ4v) is 10.3. The Morgan fingerprint density at radius 1 is 1.18 bits per heavy atom. The topological polar surface area (TPSA) is 135 Å². The van der Waals surface area contributed by atoms with Gasteiger partial charge in [0.2, 0.25) is 0 Å². The van der Waals surface area contributed by atoms with Crippen molar-refractivity contribution in [2.75, 3.05) is 13.0 Å². The maximum atomic E-state index is 14.6. The Morgan fingerprint density at radius 3 is 2.56 bits per heavy atom. The van der Waals surface area contributed by atoms with Crippen LogP contribution in [0.2, 0.25) is 0 Å². The van der Waals surface area contributed by atoms with E-state index in [1.807, 2.05) is 0 Å². The Labute approximate surface area is 214 Å². The molecule has 1 atom stereocenters. The van der Waals surface area contributed by atoms with Crippen LogP contribution in [-0.2, 0) is 24.5 Å². The third-order valence-electron chi connectivity index (χ3n) is 4.69. The van der Waals surface area contributed by atoms with E-state index < -0.39 is 19.8 Å². The van der Waals surface area contributed by atoms with E-state index in [1.165, 1.54) is 41.3 Å². The number of thiophene rings is 1. The Kier molecular flexibility index (Phi) is 7.10. The molecule has 2 heterocycles. The van der Waals surface area contributed by atoms with Gasteiger partial charge in [-0.3, -0.25) is 5.41 Å². The molecule has 8 nitrogen and oxygen atoms in total. The molecule has 3 aromatic rings. The maximum Gasteiger partial charge on any atom is 0.290 e. The number of ether oxygens (including phenoxy) is 1. The minimum absolute atomic E-state index is 0.114. The van der Waals surface area contributed by atoms with Crippen molar-refractivity contribution < 1.29 is 17.4 Å². The Bertz CT molecular complexity index is 1540. The van der Waals surface area contributed by atoms with Crippen LogP contribution in [0.25, 0.3) is 5.76 Å². The van der Waals surface area contributed by atoms with E-state index in [0.29, 0.717) is 31.6 Å². The van der Waals surface area contributed by atoms with Crippen LogP contribution in [0.4, 0.5) is 0 Å². The summed E-state index contributed by atoms with van der Waals surface area (Å²) in [4.78, 5) is 0.696. The van der Waals surface area contributed by atoms with E-state index >= 15 is 0 Å². The van der Waals surface area contributed by atoms with Crippen LogP contribution in [0.3, 0.4) is 0 Å². The van der Waals surface area contributed by atoms with E-state index in [-0.39, 0.29) is 20.5 Å². The first kappa shape index (κ1) is 24.8. The third-order valence-corrected chi connectivity index (χ3v) is 12.0. The fraction of sp³-hybridized carbons (Fsp3) is 0.0952. The number of nitrogen functional groups attached to an aromatic ring is 1. The predicted octanol–water partition coefficient (Wildman–Crippen LogP) is 4.67. The Morgan fingerprint density at radius 2 is 1.91 bits per heavy atom. The highest BCUT2D eigenvalue weighted by Crippen LogP contribution is 2.39. The van der Waals surface area contributed by atoms with Gasteiger partial charge in [0.05, 0.1) is 23.8 Å². The number of amidine groups is 1. The van der Waals surface area contributed by atoms with E-state index in [4.69, 9.17) is 15.9 Å². The van der Waals surface area contributed by atoms with Crippen molar-refractivity contribution in [3.63, 3.8) is 0 Å². The number of rotatable bonds is 7. The van der Waals surface area contributed by atoms with Crippen LogP contribution in [0.1, 0.15) is 10.4 Å². The molecule has 4 N–H and O–H groups in total. The molecule has 0 saturated carbocycles. The van der Waals surface area contributed by atoms with Gasteiger partial charge in [0.15, 0.2) is 6.73 Å². The minimum Gasteiger partial charge on any atom is -0.471 e. The normalized spacial score (nSPS) is 15.1. The zero-order valence-corrected chi connectivity index (χ0v) is 22.5. The number of nitrogens with zero attached hydrogens (tertiary/aromatic N) is 1. The molecular formula is C21H19BrN4O4S4. The second kappa shape index (κ2) is 9.74. The summed E-state index contributed by atoms with van der Waals surface area (Å²) in [6, 6.07) is 14.2. The first-order valence-corrected chi connectivity index (χ1v) is 15.4. The first-order valence-electron chi connectivity index (χ1n) is 9.62. The van der Waals surface area contributed by atoms with Gasteiger partial charge in [-0.2, -0.15) is 8.42 Å². The van der Waals surface area contributed by atoms with Gasteiger partial charge >= 0.3 is 0 Å². The molecule has 2 aromatic carbocycles. The van der Waals surface area contributed by atoms with Gasteiger partial charge in [0.1, 0.15) is 21.3 Å². The molecule has 0 radical (unpaired) electrons. The highest BCUT2D eigenvalue weighted by molar-refractivity contribution is 9.10. The van der Waals surface area contributed by atoms with Crippen LogP contribution in [0.15, 0.2) is 87.9 Å². The number of halogens is 1. The molecule has 0 saturated heterocycles. The standard InChI is InChI=1S/C21H19BrN4O4S4/c1-31-21-19(10-18(32-21)20(23)24)33(27,15-6-3-5-14(22)9-15)26-34(28,29)16-7-2-4-13(8-16)17-11-25-12-30-17/h2-11,25H,12H2,1H3,(H3,23,24). The summed E-state index contributed by atoms with van der Waals surface area (Å²) in [6.07, 6.45) is 3.42. The van der Waals surface area contributed by atoms with Gasteiger partial charge in [-0.25, -0.2) is 4.21 Å². The van der Waals surface area contributed by atoms with Gasteiger partial charge in [-0.15, -0.1) is 23.1 Å². The SMILES string of the molecule is CSc1sc(C(=N)N)cc1S(=O)(=NS(=O)(=O)c1cccc(C2=CNCO2)c1)c1cccc(Br)c1. The summed E-state index contributed by atoms with van der Waals surface area (Å²) in [5.74, 6) is 0.301. The number of thioether (sulfide) groups is 1. The highest BCUT2D eigenvalue weighted by atomic mass is 79.9. The van der Waals surface area contributed by atoms with Crippen molar-refractivity contribution in [2.45, 2.75) is 18.9 Å². The summed E-state index contributed by atoms with van der Waals surface area (Å²) >= 11 is 5.82. The monoisotopic (exact) mass is 598 g/mol. The van der Waals surface area contributed by atoms with Crippen LogP contribution in [-0.4, -0.2) is 31.4 Å². The van der Waals surface area contributed by atoms with E-state index in [2.05, 4.69) is 25.0 Å². The highest BCUT2D eigenvalue weighted by Gasteiger charge is 2.28. The van der Waals surface area contributed by atoms with Crippen molar-refractivity contribution in [3.05, 3.63) is 75.7 Å². The molecule has 1 aliphatic rings. The molecule has 0 bridgehead atoms. The van der Waals surface area contributed by atoms with E-state index in [1.54, 1.807) is 48.9 Å². The van der Waals surface area contributed by atoms with Crippen LogP contribution >= 0.6 is 39.0 Å². The fourth-order valence-electron chi connectivity index (χ4n) is 3.13. The molecule has 1 aromatic heterocycles. The molecule has 178 valence electrons. The van der Waals surface area contributed by atoms with Gasteiger partial charge < -0.3 is 15.8 Å². The lowest BCUT2D eigenvalue weighted by molar-refractivity contribution is 0.291. The van der Waals surface area contributed by atoms with Crippen molar-refractivity contribution in [2.24, 2.45) is 9.50 Å². The summed E-state index contributed by atoms with van der Waals surface area (Å²) in [7, 11) is -8.05. The molecule has 0 spiro atoms. The molecule has 4 rings (SSSR count). The molecule has 0 amide bonds. The lowest BCUT2D eigenvalue weighted by Crippen LogP contribution is -2.10. The number of sulfonamides is 1. The molecule has 0 fully saturated rings. The van der Waals surface area contributed by atoms with Crippen molar-refractivity contribution in [1.82, 2.24) is 5.32 Å². The molecule has 1 unspecified atom stereocenters. The summed E-state index contributed by atoms with van der Waals surface area (Å²) < 4.78 is 52.2. The van der Waals surface area contributed by atoms with Crippen molar-refractivity contribution in [1.29, 1.82) is 5.41 Å². The van der Waals surface area contributed by atoms with E-state index in [0.717, 1.165) is 0 Å². The lowest BCUT2D eigenvalue weighted by atomic mass is 10.2. The average molecular weight is 600 g/mol. The summed E-state index contributed by atoms with van der Waals surface area (Å²) in [5, 5.41) is 10.7. The van der Waals surface area contributed by atoms with Crippen molar-refractivity contribution in [3.8, 4) is 0 Å². The number of hydrogen-bond acceptors (Lipinski definition) is 8. The number of hydrogen-bond donors (Lipinski definition) is 3. The van der Waals surface area contributed by atoms with Crippen LogP contribution in [0, 0.1) is 5.41 Å². The molecule has 1 aliphatic heterocycles. The summed E-state index contributed by atoms with van der Waals surface area (Å²) in [5.41, 5.74) is 6.21. The third kappa shape index (κ3) is 4.89. The van der Waals surface area contributed by atoms with Gasteiger partial charge in [0.25, 0.3) is 10.0 Å². The number of nitrogens with one attached hydrogen (secondary N) is 2. The average Bonchev–Trinajstić information content (AvgIpc) is 3.49. The number of benzene rings is 2. The molecule has 0 aliphatic carbocycles. The van der Waals surface area contributed by atoms with Gasteiger partial charge in [-0.1, -0.05) is 37.9 Å². The van der Waals surface area contributed by atoms with Gasteiger partial charge in [-0.05, 0) is 42.7 Å². The Hall–Kier alpha value is -2.32. The Balaban J connectivity index is 1.97. The lowest BCUT2D eigenvalue weighted by Gasteiger charge is -2.12. The van der Waals surface area contributed by atoms with Crippen molar-refractivity contribution >= 4 is 70.4 Å². The smallest absolute Gasteiger partial charge is 0.290 e. The molecule has 13 heteroatoms. The second-order valence-corrected chi connectivity index (χ2v) is 14.0. The maximum absolute atomic E-state index is 14.6. The predicted molar refractivity (Wildman–Crippen MR) is 139 cm³/mol. The van der Waals surface area contributed by atoms with Gasteiger partial charge in [0, 0.05) is 16.2 Å². The largest absolute Gasteiger partial charge is 0.471 e. The second-order valence-electron chi connectivity index (χ2n) is 6.94. The quantitative estimate of drug-likeness (QED) is 0.204. The van der Waals surface area contributed by atoms with Crippen LogP contribution in [0.5, 0.6) is 0 Å². The molecule has 34 heavy (non-hydrogen) atoms. The zero-order chi connectivity index (χ0) is 24.5.